The van der Waals surface area contributed by atoms with Gasteiger partial charge < -0.3 is 18.0 Å². The number of rotatable bonds is 7. The third-order valence-electron chi connectivity index (χ3n) is 25.2. The SMILES string of the molecule is CC(C)(c1ccccc1)c1ccc2c(c1)c1cc(C(C)(C)c3ccccc3)cc3c1n2-c1cc(-c2c(-c4cccc5c4oc4ccccc45)cccc2-c2cccc4c2oc2ccccc24)cc2c1B3c1cc3c4ccccc4c4ccccc4c3c3c4c5c6ccccc6c6ccccc6c5ccc4n-2c13. The first-order valence-corrected chi connectivity index (χ1v) is 37.6. The van der Waals surface area contributed by atoms with Crippen LogP contribution in [-0.4, -0.2) is 15.8 Å². The molecule has 2 aliphatic heterocycles. The molecular formula is C102H65BN2O2. The lowest BCUT2D eigenvalue weighted by Gasteiger charge is -2.36. The molecule has 18 aromatic carbocycles. The molecule has 4 aromatic heterocycles. The Hall–Kier alpha value is -13.2. The largest absolute Gasteiger partial charge is 0.455 e. The van der Waals surface area contributed by atoms with Crippen molar-refractivity contribution in [2.45, 2.75) is 38.5 Å². The molecule has 498 valence electrons. The van der Waals surface area contributed by atoms with Crippen molar-refractivity contribution in [3.05, 3.63) is 344 Å². The monoisotopic (exact) mass is 1360 g/mol. The molecule has 0 unspecified atom stereocenters. The molecule has 0 radical (unpaired) electrons. The van der Waals surface area contributed by atoms with Gasteiger partial charge in [0, 0.05) is 92.7 Å². The molecule has 6 heterocycles. The van der Waals surface area contributed by atoms with Crippen LogP contribution in [0.4, 0.5) is 0 Å². The van der Waals surface area contributed by atoms with Gasteiger partial charge in [-0.3, -0.25) is 0 Å². The summed E-state index contributed by atoms with van der Waals surface area (Å²) < 4.78 is 19.8. The summed E-state index contributed by atoms with van der Waals surface area (Å²) in [7, 11) is 0. The number of hydrogen-bond donors (Lipinski definition) is 0. The summed E-state index contributed by atoms with van der Waals surface area (Å²) in [5.41, 5.74) is 25.2. The molecule has 0 aliphatic carbocycles. The van der Waals surface area contributed by atoms with Crippen molar-refractivity contribution in [3.63, 3.8) is 0 Å². The van der Waals surface area contributed by atoms with Gasteiger partial charge in [0.2, 0.25) is 0 Å². The molecule has 0 N–H and O–H groups in total. The van der Waals surface area contributed by atoms with Crippen LogP contribution in [-0.2, 0) is 10.8 Å². The Balaban J connectivity index is 0.934. The number of hydrogen-bond acceptors (Lipinski definition) is 2. The number of aromatic nitrogens is 2. The van der Waals surface area contributed by atoms with Crippen molar-refractivity contribution in [2.24, 2.45) is 0 Å². The first-order chi connectivity index (χ1) is 52.6. The lowest BCUT2D eigenvalue weighted by molar-refractivity contribution is 0.641. The van der Waals surface area contributed by atoms with E-state index in [0.29, 0.717) is 0 Å². The number of furan rings is 2. The second-order valence-corrected chi connectivity index (χ2v) is 31.2. The molecule has 0 amide bonds. The van der Waals surface area contributed by atoms with Crippen LogP contribution < -0.4 is 16.4 Å². The molecule has 107 heavy (non-hydrogen) atoms. The fourth-order valence-corrected chi connectivity index (χ4v) is 20.2. The lowest BCUT2D eigenvalue weighted by Crippen LogP contribution is -2.59. The lowest BCUT2D eigenvalue weighted by atomic mass is 9.34. The van der Waals surface area contributed by atoms with E-state index in [1.807, 2.05) is 0 Å². The summed E-state index contributed by atoms with van der Waals surface area (Å²) in [5, 5.41) is 24.4. The third-order valence-corrected chi connectivity index (χ3v) is 25.2. The maximum atomic E-state index is 7.16. The van der Waals surface area contributed by atoms with Crippen molar-refractivity contribution in [1.29, 1.82) is 0 Å². The van der Waals surface area contributed by atoms with Gasteiger partial charge in [-0.1, -0.05) is 301 Å². The average Bonchev–Trinajstić information content (AvgIpc) is 1.53. The Morgan fingerprint density at radius 3 is 1.23 bits per heavy atom. The third kappa shape index (κ3) is 7.82. The van der Waals surface area contributed by atoms with Crippen LogP contribution in [0.15, 0.2) is 330 Å². The van der Waals surface area contributed by atoms with Gasteiger partial charge >= 0.3 is 0 Å². The standard InChI is InChI=1S/C102H65BN2O2/c1-101(2,59-26-7-5-8-27-59)61-48-50-85-80(54-61)82-55-62(102(3,4)60-28-9-6-10-29-60)56-83-97(82)104(85)87-52-58(91-73(78-44-24-42-76-69-36-19-21-46-89(69)106-99(76)78)40-23-41-74(91)79-45-25-43-77-70-37-20-22-47-90(70)107-100(77)79)53-88-96(87)103(83)84-57-81-68-35-14-12-31-64(68)66-33-16-18-39-72(66)93(81)95-94-86(105(88)98(84)95)51-49-75-67-34-13-11-30-63(67)65-32-15-17-38-71(65)92(75)94/h5-57H,1-4H3. The van der Waals surface area contributed by atoms with Crippen molar-refractivity contribution in [3.8, 4) is 44.8 Å². The minimum absolute atomic E-state index is 0.249. The predicted molar refractivity (Wildman–Crippen MR) is 453 cm³/mol. The summed E-state index contributed by atoms with van der Waals surface area (Å²) in [6.07, 6.45) is 0. The highest BCUT2D eigenvalue weighted by molar-refractivity contribution is 7.00. The zero-order chi connectivity index (χ0) is 70.4. The molecule has 24 rings (SSSR count). The van der Waals surface area contributed by atoms with Crippen LogP contribution >= 0.6 is 0 Å². The highest BCUT2D eigenvalue weighted by Gasteiger charge is 2.44. The van der Waals surface area contributed by atoms with E-state index in [-0.39, 0.29) is 12.1 Å². The van der Waals surface area contributed by atoms with E-state index in [4.69, 9.17) is 8.83 Å². The van der Waals surface area contributed by atoms with Gasteiger partial charge in [0.15, 0.2) is 0 Å². The van der Waals surface area contributed by atoms with Crippen molar-refractivity contribution in [2.75, 3.05) is 0 Å². The molecule has 0 bridgehead atoms. The summed E-state index contributed by atoms with van der Waals surface area (Å²) in [5.74, 6) is 0. The van der Waals surface area contributed by atoms with E-state index in [2.05, 4.69) is 358 Å². The second-order valence-electron chi connectivity index (χ2n) is 31.2. The molecular weight excluding hydrogens is 1300 g/mol. The van der Waals surface area contributed by atoms with Crippen LogP contribution in [0.1, 0.15) is 49.9 Å². The van der Waals surface area contributed by atoms with Gasteiger partial charge in [0.05, 0.1) is 16.6 Å². The van der Waals surface area contributed by atoms with Crippen LogP contribution in [0.5, 0.6) is 0 Å². The molecule has 2 aliphatic rings. The highest BCUT2D eigenvalue weighted by atomic mass is 16.3. The molecule has 0 fully saturated rings. The van der Waals surface area contributed by atoms with Gasteiger partial charge in [-0.15, -0.1) is 0 Å². The van der Waals surface area contributed by atoms with Crippen molar-refractivity contribution < 1.29 is 8.83 Å². The maximum Gasteiger partial charge on any atom is 0.252 e. The molecule has 4 nitrogen and oxygen atoms in total. The maximum absolute atomic E-state index is 7.16. The van der Waals surface area contributed by atoms with E-state index < -0.39 is 5.41 Å². The number of para-hydroxylation sites is 4. The van der Waals surface area contributed by atoms with Crippen LogP contribution in [0.25, 0.3) is 197 Å². The van der Waals surface area contributed by atoms with Crippen molar-refractivity contribution >= 4 is 175 Å². The number of benzene rings is 18. The van der Waals surface area contributed by atoms with E-state index in [0.717, 1.165) is 88.6 Å². The summed E-state index contributed by atoms with van der Waals surface area (Å²) in [4.78, 5) is 0. The Kier molecular flexibility index (Phi) is 11.8. The molecule has 0 saturated carbocycles. The van der Waals surface area contributed by atoms with Gasteiger partial charge in [-0.05, 0) is 163 Å². The summed E-state index contributed by atoms with van der Waals surface area (Å²) in [6, 6.07) is 122. The smallest absolute Gasteiger partial charge is 0.252 e. The van der Waals surface area contributed by atoms with Crippen LogP contribution in [0.3, 0.4) is 0 Å². The van der Waals surface area contributed by atoms with Crippen LogP contribution in [0, 0.1) is 0 Å². The number of fused-ring (bicyclic) bond motifs is 30. The Morgan fingerprint density at radius 2 is 0.673 bits per heavy atom. The minimum atomic E-state index is -0.403. The van der Waals surface area contributed by atoms with E-state index in [1.165, 1.54) is 147 Å². The van der Waals surface area contributed by atoms with Gasteiger partial charge in [-0.2, -0.15) is 0 Å². The van der Waals surface area contributed by atoms with Gasteiger partial charge in [0.25, 0.3) is 6.71 Å². The van der Waals surface area contributed by atoms with Crippen LogP contribution in [0.2, 0.25) is 0 Å². The first kappa shape index (κ1) is 59.2. The molecule has 0 spiro atoms. The van der Waals surface area contributed by atoms with E-state index in [9.17, 15) is 0 Å². The Morgan fingerprint density at radius 1 is 0.262 bits per heavy atom. The van der Waals surface area contributed by atoms with Gasteiger partial charge in [0.1, 0.15) is 22.3 Å². The zero-order valence-corrected chi connectivity index (χ0v) is 59.4. The molecule has 22 aromatic rings. The van der Waals surface area contributed by atoms with E-state index in [1.54, 1.807) is 0 Å². The first-order valence-electron chi connectivity index (χ1n) is 37.6. The Labute approximate surface area is 616 Å². The number of nitrogens with zero attached hydrogens (tertiary/aromatic N) is 2. The quantitative estimate of drug-likeness (QED) is 0.118. The summed E-state index contributed by atoms with van der Waals surface area (Å²) >= 11 is 0. The van der Waals surface area contributed by atoms with E-state index >= 15 is 0 Å². The van der Waals surface area contributed by atoms with Gasteiger partial charge in [-0.25, -0.2) is 0 Å². The predicted octanol–water partition coefficient (Wildman–Crippen LogP) is 25.4. The zero-order valence-electron chi connectivity index (χ0n) is 59.4. The molecule has 0 saturated heterocycles. The second kappa shape index (κ2) is 21.3. The highest BCUT2D eigenvalue weighted by Crippen LogP contribution is 2.54. The average molecular weight is 1360 g/mol. The van der Waals surface area contributed by atoms with Crippen molar-refractivity contribution in [1.82, 2.24) is 9.13 Å². The molecule has 5 heteroatoms. The summed E-state index contributed by atoms with van der Waals surface area (Å²) in [6.45, 7) is 9.40. The normalized spacial score (nSPS) is 13.0. The minimum Gasteiger partial charge on any atom is -0.455 e. The fourth-order valence-electron chi connectivity index (χ4n) is 20.2. The molecule has 0 atom stereocenters. The topological polar surface area (TPSA) is 36.1 Å². The Bertz CT molecular complexity index is 7590. The fraction of sp³-hybridized carbons (Fsp3) is 0.0588.